The Kier molecular flexibility index (Phi) is 4.93. The highest BCUT2D eigenvalue weighted by Gasteiger charge is 2.05. The molecule has 0 aliphatic rings. The van der Waals surface area contributed by atoms with Crippen LogP contribution in [0.3, 0.4) is 0 Å². The first-order chi connectivity index (χ1) is 10.4. The number of hydrogen-bond donors (Lipinski definition) is 3. The summed E-state index contributed by atoms with van der Waals surface area (Å²) < 4.78 is 0. The van der Waals surface area contributed by atoms with Gasteiger partial charge in [0.2, 0.25) is 0 Å². The van der Waals surface area contributed by atoms with Gasteiger partial charge in [0.05, 0.1) is 5.56 Å². The zero-order valence-corrected chi connectivity index (χ0v) is 12.9. The average molecular weight is 300 g/mol. The molecule has 3 N–H and O–H groups in total. The Morgan fingerprint density at radius 2 is 1.82 bits per heavy atom. The number of aromatic carboxylic acids is 1. The number of aryl methyl sites for hydroxylation is 1. The molecule has 0 spiro atoms. The SMILES string of the molecule is Cc1nc(NCC(C)C)cc(Nc2ccc(C(=O)O)cc2)n1. The van der Waals surface area contributed by atoms with Gasteiger partial charge in [-0.25, -0.2) is 14.8 Å². The number of nitrogens with one attached hydrogen (secondary N) is 2. The minimum Gasteiger partial charge on any atom is -0.478 e. The highest BCUT2D eigenvalue weighted by Crippen LogP contribution is 2.18. The average Bonchev–Trinajstić information content (AvgIpc) is 2.45. The Morgan fingerprint density at radius 3 is 2.41 bits per heavy atom. The zero-order valence-electron chi connectivity index (χ0n) is 12.9. The summed E-state index contributed by atoms with van der Waals surface area (Å²) in [5.74, 6) is 1.69. The molecular formula is C16H20N4O2. The number of carbonyl (C=O) groups is 1. The molecule has 116 valence electrons. The van der Waals surface area contributed by atoms with E-state index in [1.54, 1.807) is 24.3 Å². The van der Waals surface area contributed by atoms with E-state index in [0.29, 0.717) is 17.6 Å². The number of nitrogens with zero attached hydrogens (tertiary/aromatic N) is 2. The minimum absolute atomic E-state index is 0.253. The standard InChI is InChI=1S/C16H20N4O2/c1-10(2)9-17-14-8-15(19-11(3)18-14)20-13-6-4-12(5-7-13)16(21)22/h4-8,10H,9H2,1-3H3,(H,21,22)(H2,17,18,19,20). The largest absolute Gasteiger partial charge is 0.478 e. The third-order valence-electron chi connectivity index (χ3n) is 2.93. The van der Waals surface area contributed by atoms with Gasteiger partial charge in [0, 0.05) is 18.3 Å². The van der Waals surface area contributed by atoms with E-state index in [0.717, 1.165) is 18.1 Å². The van der Waals surface area contributed by atoms with Crippen molar-refractivity contribution in [2.75, 3.05) is 17.2 Å². The summed E-state index contributed by atoms with van der Waals surface area (Å²) in [5.41, 5.74) is 1.03. The van der Waals surface area contributed by atoms with Crippen molar-refractivity contribution < 1.29 is 9.90 Å². The number of carboxylic acid groups (broad SMARTS) is 1. The molecule has 0 unspecified atom stereocenters. The predicted molar refractivity (Wildman–Crippen MR) is 86.8 cm³/mol. The minimum atomic E-state index is -0.940. The molecule has 0 aliphatic carbocycles. The van der Waals surface area contributed by atoms with E-state index >= 15 is 0 Å². The first-order valence-electron chi connectivity index (χ1n) is 7.14. The number of aromatic nitrogens is 2. The molecule has 1 aromatic carbocycles. The van der Waals surface area contributed by atoms with Crippen molar-refractivity contribution in [1.29, 1.82) is 0 Å². The maximum atomic E-state index is 10.8. The lowest BCUT2D eigenvalue weighted by atomic mass is 10.2. The van der Waals surface area contributed by atoms with Gasteiger partial charge in [-0.2, -0.15) is 0 Å². The highest BCUT2D eigenvalue weighted by atomic mass is 16.4. The van der Waals surface area contributed by atoms with Crippen LogP contribution in [0.5, 0.6) is 0 Å². The van der Waals surface area contributed by atoms with E-state index in [2.05, 4.69) is 34.4 Å². The summed E-state index contributed by atoms with van der Waals surface area (Å²) in [5, 5.41) is 15.3. The Labute approximate surface area is 129 Å². The van der Waals surface area contributed by atoms with E-state index in [4.69, 9.17) is 5.11 Å². The number of anilines is 3. The number of benzene rings is 1. The summed E-state index contributed by atoms with van der Waals surface area (Å²) in [4.78, 5) is 19.5. The molecule has 6 heteroatoms. The molecule has 0 atom stereocenters. The van der Waals surface area contributed by atoms with Crippen LogP contribution in [0.15, 0.2) is 30.3 Å². The van der Waals surface area contributed by atoms with Gasteiger partial charge in [-0.1, -0.05) is 13.8 Å². The molecule has 0 bridgehead atoms. The molecule has 0 radical (unpaired) electrons. The summed E-state index contributed by atoms with van der Waals surface area (Å²) in [6.07, 6.45) is 0. The maximum Gasteiger partial charge on any atom is 0.335 e. The van der Waals surface area contributed by atoms with Crippen molar-refractivity contribution in [3.05, 3.63) is 41.7 Å². The quantitative estimate of drug-likeness (QED) is 0.758. The molecule has 2 aromatic rings. The molecule has 22 heavy (non-hydrogen) atoms. The van der Waals surface area contributed by atoms with Gasteiger partial charge in [-0.05, 0) is 37.1 Å². The fourth-order valence-corrected chi connectivity index (χ4v) is 1.87. The van der Waals surface area contributed by atoms with Crippen LogP contribution >= 0.6 is 0 Å². The van der Waals surface area contributed by atoms with Crippen molar-refractivity contribution in [2.45, 2.75) is 20.8 Å². The lowest BCUT2D eigenvalue weighted by Crippen LogP contribution is -2.10. The van der Waals surface area contributed by atoms with Crippen LogP contribution in [0.1, 0.15) is 30.0 Å². The molecule has 6 nitrogen and oxygen atoms in total. The molecule has 1 heterocycles. The molecule has 1 aromatic heterocycles. The first-order valence-corrected chi connectivity index (χ1v) is 7.14. The van der Waals surface area contributed by atoms with Crippen molar-refractivity contribution in [3.63, 3.8) is 0 Å². The van der Waals surface area contributed by atoms with E-state index in [1.807, 2.05) is 13.0 Å². The van der Waals surface area contributed by atoms with Crippen molar-refractivity contribution in [3.8, 4) is 0 Å². The molecule has 0 saturated heterocycles. The van der Waals surface area contributed by atoms with E-state index in [9.17, 15) is 4.79 Å². The van der Waals surface area contributed by atoms with Gasteiger partial charge in [-0.15, -0.1) is 0 Å². The second-order valence-electron chi connectivity index (χ2n) is 5.47. The second kappa shape index (κ2) is 6.89. The van der Waals surface area contributed by atoms with E-state index in [1.165, 1.54) is 0 Å². The Hall–Kier alpha value is -2.63. The Balaban J connectivity index is 2.13. The molecular weight excluding hydrogens is 280 g/mol. The van der Waals surface area contributed by atoms with Crippen LogP contribution in [-0.4, -0.2) is 27.6 Å². The summed E-state index contributed by atoms with van der Waals surface area (Å²) in [7, 11) is 0. The van der Waals surface area contributed by atoms with Gasteiger partial charge in [0.15, 0.2) is 0 Å². The monoisotopic (exact) mass is 300 g/mol. The van der Waals surface area contributed by atoms with Crippen LogP contribution in [0.2, 0.25) is 0 Å². The molecule has 0 amide bonds. The summed E-state index contributed by atoms with van der Waals surface area (Å²) >= 11 is 0. The first kappa shape index (κ1) is 15.8. The number of rotatable bonds is 6. The van der Waals surface area contributed by atoms with Crippen LogP contribution < -0.4 is 10.6 Å². The molecule has 0 aliphatic heterocycles. The van der Waals surface area contributed by atoms with E-state index < -0.39 is 5.97 Å². The fraction of sp³-hybridized carbons (Fsp3) is 0.312. The number of carboxylic acids is 1. The smallest absolute Gasteiger partial charge is 0.335 e. The van der Waals surface area contributed by atoms with Gasteiger partial charge in [0.25, 0.3) is 0 Å². The third kappa shape index (κ3) is 4.44. The summed E-state index contributed by atoms with van der Waals surface area (Å²) in [6, 6.07) is 8.36. The van der Waals surface area contributed by atoms with Crippen LogP contribution in [0.25, 0.3) is 0 Å². The highest BCUT2D eigenvalue weighted by molar-refractivity contribution is 5.88. The lowest BCUT2D eigenvalue weighted by Gasteiger charge is -2.11. The van der Waals surface area contributed by atoms with Crippen molar-refractivity contribution in [2.24, 2.45) is 5.92 Å². The second-order valence-corrected chi connectivity index (χ2v) is 5.47. The molecule has 2 rings (SSSR count). The van der Waals surface area contributed by atoms with E-state index in [-0.39, 0.29) is 5.56 Å². The normalized spacial score (nSPS) is 10.5. The van der Waals surface area contributed by atoms with Gasteiger partial charge < -0.3 is 15.7 Å². The Morgan fingerprint density at radius 1 is 1.18 bits per heavy atom. The summed E-state index contributed by atoms with van der Waals surface area (Å²) in [6.45, 7) is 6.93. The predicted octanol–water partition coefficient (Wildman–Crippen LogP) is 3.29. The number of hydrogen-bond acceptors (Lipinski definition) is 5. The Bertz CT molecular complexity index is 654. The van der Waals surface area contributed by atoms with Crippen molar-refractivity contribution in [1.82, 2.24) is 9.97 Å². The fourth-order valence-electron chi connectivity index (χ4n) is 1.87. The molecule has 0 fully saturated rings. The molecule has 0 saturated carbocycles. The maximum absolute atomic E-state index is 10.8. The van der Waals surface area contributed by atoms with Crippen LogP contribution in [0.4, 0.5) is 17.3 Å². The van der Waals surface area contributed by atoms with Gasteiger partial charge >= 0.3 is 5.97 Å². The zero-order chi connectivity index (χ0) is 16.1. The van der Waals surface area contributed by atoms with Gasteiger partial charge in [0.1, 0.15) is 17.5 Å². The lowest BCUT2D eigenvalue weighted by molar-refractivity contribution is 0.0697. The van der Waals surface area contributed by atoms with Gasteiger partial charge in [-0.3, -0.25) is 0 Å². The van der Waals surface area contributed by atoms with Crippen LogP contribution in [-0.2, 0) is 0 Å². The topological polar surface area (TPSA) is 87.1 Å². The van der Waals surface area contributed by atoms with Crippen LogP contribution in [0, 0.1) is 12.8 Å². The van der Waals surface area contributed by atoms with Crippen molar-refractivity contribution >= 4 is 23.3 Å². The third-order valence-corrected chi connectivity index (χ3v) is 2.93.